The van der Waals surface area contributed by atoms with Gasteiger partial charge in [0.2, 0.25) is 0 Å². The number of nitrogens with one attached hydrogen (secondary N) is 1. The summed E-state index contributed by atoms with van der Waals surface area (Å²) in [7, 11) is 0. The van der Waals surface area contributed by atoms with E-state index in [0.29, 0.717) is 22.9 Å². The van der Waals surface area contributed by atoms with E-state index in [-0.39, 0.29) is 17.9 Å². The van der Waals surface area contributed by atoms with Gasteiger partial charge in [-0.1, -0.05) is 36.4 Å². The second kappa shape index (κ2) is 6.33. The van der Waals surface area contributed by atoms with Gasteiger partial charge in [-0.3, -0.25) is 4.79 Å². The van der Waals surface area contributed by atoms with E-state index < -0.39 is 5.97 Å². The molecule has 132 valence electrons. The Morgan fingerprint density at radius 1 is 1.15 bits per heavy atom. The third-order valence-electron chi connectivity index (χ3n) is 5.13. The summed E-state index contributed by atoms with van der Waals surface area (Å²) < 4.78 is 5.10. The zero-order valence-corrected chi connectivity index (χ0v) is 14.3. The van der Waals surface area contributed by atoms with E-state index in [1.54, 1.807) is 24.3 Å². The van der Waals surface area contributed by atoms with Gasteiger partial charge in [-0.15, -0.1) is 0 Å². The molecule has 0 saturated heterocycles. The van der Waals surface area contributed by atoms with E-state index in [4.69, 9.17) is 4.74 Å². The first-order chi connectivity index (χ1) is 12.5. The molecule has 2 aromatic rings. The third kappa shape index (κ3) is 2.75. The molecular formula is C21H19NO4. The van der Waals surface area contributed by atoms with Gasteiger partial charge in [0.25, 0.3) is 0 Å². The second-order valence-corrected chi connectivity index (χ2v) is 6.71. The van der Waals surface area contributed by atoms with E-state index in [2.05, 4.69) is 17.5 Å². The summed E-state index contributed by atoms with van der Waals surface area (Å²) >= 11 is 0. The monoisotopic (exact) mass is 349 g/mol. The number of allylic oxidation sites excluding steroid dienone is 2. The second-order valence-electron chi connectivity index (χ2n) is 6.71. The van der Waals surface area contributed by atoms with Crippen LogP contribution in [0.3, 0.4) is 0 Å². The van der Waals surface area contributed by atoms with Gasteiger partial charge in [-0.05, 0) is 41.7 Å². The lowest BCUT2D eigenvalue weighted by molar-refractivity contribution is -0.131. The van der Waals surface area contributed by atoms with Crippen LogP contribution >= 0.6 is 0 Å². The topological polar surface area (TPSA) is 75.6 Å². The quantitative estimate of drug-likeness (QED) is 0.495. The fourth-order valence-corrected chi connectivity index (χ4v) is 4.04. The Morgan fingerprint density at radius 3 is 2.62 bits per heavy atom. The van der Waals surface area contributed by atoms with Crippen LogP contribution in [0.1, 0.15) is 46.8 Å². The van der Waals surface area contributed by atoms with Gasteiger partial charge in [-0.2, -0.15) is 0 Å². The molecule has 26 heavy (non-hydrogen) atoms. The van der Waals surface area contributed by atoms with Crippen molar-refractivity contribution in [3.8, 4) is 5.75 Å². The Morgan fingerprint density at radius 2 is 1.92 bits per heavy atom. The lowest BCUT2D eigenvalue weighted by atomic mass is 9.76. The maximum absolute atomic E-state index is 11.6. The van der Waals surface area contributed by atoms with E-state index in [9.17, 15) is 14.7 Å². The number of rotatable bonds is 3. The molecular weight excluding hydrogens is 330 g/mol. The molecule has 0 amide bonds. The van der Waals surface area contributed by atoms with E-state index in [0.717, 1.165) is 17.5 Å². The van der Waals surface area contributed by atoms with Crippen molar-refractivity contribution in [1.29, 1.82) is 0 Å². The van der Waals surface area contributed by atoms with Crippen molar-refractivity contribution in [3.63, 3.8) is 0 Å². The highest BCUT2D eigenvalue weighted by molar-refractivity contribution is 5.95. The molecule has 5 heteroatoms. The Hall–Kier alpha value is -3.08. The number of carbonyl (C=O) groups is 2. The minimum atomic E-state index is -0.932. The van der Waals surface area contributed by atoms with Crippen molar-refractivity contribution in [2.24, 2.45) is 5.92 Å². The molecule has 1 aliphatic carbocycles. The molecule has 0 saturated carbocycles. The molecule has 5 nitrogen and oxygen atoms in total. The number of esters is 1. The molecule has 2 aliphatic rings. The SMILES string of the molecule is CC(=O)Oc1ccc([C@H]2Nc3c(C(=O)O)cccc3[C@@H]3C=CC[C@H]23)cc1. The number of benzene rings is 2. The lowest BCUT2D eigenvalue weighted by Crippen LogP contribution is -2.30. The van der Waals surface area contributed by atoms with Crippen molar-refractivity contribution in [1.82, 2.24) is 0 Å². The van der Waals surface area contributed by atoms with Crippen LogP contribution in [0, 0.1) is 5.92 Å². The number of carbonyl (C=O) groups excluding carboxylic acids is 1. The summed E-state index contributed by atoms with van der Waals surface area (Å²) in [5, 5.41) is 13.0. The smallest absolute Gasteiger partial charge is 0.337 e. The van der Waals surface area contributed by atoms with Crippen LogP contribution in [0.5, 0.6) is 5.75 Å². The molecule has 0 spiro atoms. The molecule has 0 radical (unpaired) electrons. The Labute approximate surface area is 151 Å². The predicted octanol–water partition coefficient (Wildman–Crippen LogP) is 4.14. The Kier molecular flexibility index (Phi) is 3.99. The van der Waals surface area contributed by atoms with Crippen molar-refractivity contribution >= 4 is 17.6 Å². The summed E-state index contributed by atoms with van der Waals surface area (Å²) in [6.07, 6.45) is 5.28. The average molecular weight is 349 g/mol. The van der Waals surface area contributed by atoms with Crippen LogP contribution in [-0.2, 0) is 4.79 Å². The number of fused-ring (bicyclic) bond motifs is 3. The van der Waals surface area contributed by atoms with Gasteiger partial charge in [0, 0.05) is 12.8 Å². The molecule has 4 rings (SSSR count). The van der Waals surface area contributed by atoms with Gasteiger partial charge in [-0.25, -0.2) is 4.79 Å². The van der Waals surface area contributed by atoms with Crippen LogP contribution in [0.25, 0.3) is 0 Å². The third-order valence-corrected chi connectivity index (χ3v) is 5.13. The van der Waals surface area contributed by atoms with Crippen LogP contribution < -0.4 is 10.1 Å². The molecule has 1 heterocycles. The zero-order chi connectivity index (χ0) is 18.3. The molecule has 0 fully saturated rings. The molecule has 2 N–H and O–H groups in total. The minimum Gasteiger partial charge on any atom is -0.478 e. The number of anilines is 1. The Bertz CT molecular complexity index is 901. The van der Waals surface area contributed by atoms with Gasteiger partial charge in [0.15, 0.2) is 0 Å². The maximum Gasteiger partial charge on any atom is 0.337 e. The molecule has 0 unspecified atom stereocenters. The highest BCUT2D eigenvalue weighted by atomic mass is 16.5. The summed E-state index contributed by atoms with van der Waals surface area (Å²) in [5.74, 6) is -0.257. The largest absolute Gasteiger partial charge is 0.478 e. The predicted molar refractivity (Wildman–Crippen MR) is 97.5 cm³/mol. The van der Waals surface area contributed by atoms with E-state index in [1.165, 1.54) is 6.92 Å². The van der Waals surface area contributed by atoms with Crippen LogP contribution in [0.2, 0.25) is 0 Å². The van der Waals surface area contributed by atoms with E-state index >= 15 is 0 Å². The maximum atomic E-state index is 11.6. The van der Waals surface area contributed by atoms with Crippen LogP contribution in [0.4, 0.5) is 5.69 Å². The fourth-order valence-electron chi connectivity index (χ4n) is 4.04. The molecule has 2 aromatic carbocycles. The van der Waals surface area contributed by atoms with E-state index in [1.807, 2.05) is 18.2 Å². The summed E-state index contributed by atoms with van der Waals surface area (Å²) in [5.41, 5.74) is 3.08. The number of carboxylic acid groups (broad SMARTS) is 1. The highest BCUT2D eigenvalue weighted by Crippen LogP contribution is 2.50. The van der Waals surface area contributed by atoms with Gasteiger partial charge in [0.1, 0.15) is 5.75 Å². The lowest BCUT2D eigenvalue weighted by Gasteiger charge is -2.38. The normalized spacial score (nSPS) is 22.9. The number of hydrogen-bond donors (Lipinski definition) is 2. The molecule has 1 aliphatic heterocycles. The van der Waals surface area contributed by atoms with Crippen molar-refractivity contribution in [3.05, 3.63) is 71.3 Å². The average Bonchev–Trinajstić information content (AvgIpc) is 3.10. The van der Waals surface area contributed by atoms with Gasteiger partial charge >= 0.3 is 11.9 Å². The van der Waals surface area contributed by atoms with Gasteiger partial charge < -0.3 is 15.2 Å². The zero-order valence-electron chi connectivity index (χ0n) is 14.3. The van der Waals surface area contributed by atoms with Crippen LogP contribution in [0.15, 0.2) is 54.6 Å². The number of ether oxygens (including phenoxy) is 1. The molecule has 0 aromatic heterocycles. The van der Waals surface area contributed by atoms with Crippen molar-refractivity contribution in [2.45, 2.75) is 25.3 Å². The van der Waals surface area contributed by atoms with Crippen molar-refractivity contribution < 1.29 is 19.4 Å². The van der Waals surface area contributed by atoms with Crippen molar-refractivity contribution in [2.75, 3.05) is 5.32 Å². The molecule has 3 atom stereocenters. The number of para-hydroxylation sites is 1. The number of aromatic carboxylic acids is 1. The summed E-state index contributed by atoms with van der Waals surface area (Å²) in [4.78, 5) is 22.7. The molecule has 0 bridgehead atoms. The first kappa shape index (κ1) is 16.4. The number of hydrogen-bond acceptors (Lipinski definition) is 4. The summed E-state index contributed by atoms with van der Waals surface area (Å²) in [6.45, 7) is 1.37. The first-order valence-corrected chi connectivity index (χ1v) is 8.62. The fraction of sp³-hybridized carbons (Fsp3) is 0.238. The first-order valence-electron chi connectivity index (χ1n) is 8.62. The highest BCUT2D eigenvalue weighted by Gasteiger charge is 2.39. The number of carboxylic acids is 1. The summed E-state index contributed by atoms with van der Waals surface area (Å²) in [6, 6.07) is 12.8. The van der Waals surface area contributed by atoms with Crippen LogP contribution in [-0.4, -0.2) is 17.0 Å². The minimum absolute atomic E-state index is 0.00521. The van der Waals surface area contributed by atoms with Gasteiger partial charge in [0.05, 0.1) is 17.3 Å². The Balaban J connectivity index is 1.72. The standard InChI is InChI=1S/C21H19NO4/c1-12(23)26-14-10-8-13(9-11-14)19-16-5-2-4-15(16)17-6-3-7-18(21(24)25)20(17)22-19/h2-4,6-11,15-16,19,22H,5H2,1H3,(H,24,25)/t15-,16+,19-/m1/s1.